The Hall–Kier alpha value is -1.96. The van der Waals surface area contributed by atoms with E-state index in [9.17, 15) is 15.2 Å². The van der Waals surface area contributed by atoms with Gasteiger partial charge in [0.2, 0.25) is 5.82 Å². The molecule has 1 aliphatic carbocycles. The number of rotatable bonds is 2. The molecule has 19 heavy (non-hydrogen) atoms. The second kappa shape index (κ2) is 4.30. The number of nitro groups is 1. The molecule has 102 valence electrons. The third kappa shape index (κ3) is 1.88. The number of aliphatic hydroxyl groups is 1. The van der Waals surface area contributed by atoms with Gasteiger partial charge >= 0.3 is 5.82 Å². The van der Waals surface area contributed by atoms with E-state index >= 15 is 0 Å². The summed E-state index contributed by atoms with van der Waals surface area (Å²) in [6.07, 6.45) is 2.79. The van der Waals surface area contributed by atoms with Crippen molar-refractivity contribution in [1.29, 1.82) is 0 Å². The highest BCUT2D eigenvalue weighted by molar-refractivity contribution is 6.00. The number of oxime groups is 1. The fourth-order valence-corrected chi connectivity index (χ4v) is 2.74. The second-order valence-electron chi connectivity index (χ2n) is 4.95. The second-order valence-corrected chi connectivity index (χ2v) is 4.95. The van der Waals surface area contributed by atoms with Gasteiger partial charge in [-0.3, -0.25) is 0 Å². The first-order chi connectivity index (χ1) is 9.08. The number of hydrogen-bond acceptors (Lipinski definition) is 6. The Morgan fingerprint density at radius 3 is 3.05 bits per heavy atom. The SMILES string of the molecule is Cn1c([N+](=O)[O-])cnc1C1=NOC2CCC(O)CC12. The summed E-state index contributed by atoms with van der Waals surface area (Å²) >= 11 is 0. The van der Waals surface area contributed by atoms with E-state index in [4.69, 9.17) is 4.84 Å². The van der Waals surface area contributed by atoms with Crippen LogP contribution in [0.2, 0.25) is 0 Å². The number of aromatic nitrogens is 2. The summed E-state index contributed by atoms with van der Waals surface area (Å²) in [6, 6.07) is 0. The molecule has 3 rings (SSSR count). The lowest BCUT2D eigenvalue weighted by Gasteiger charge is -2.26. The van der Waals surface area contributed by atoms with Gasteiger partial charge in [-0.25, -0.2) is 9.55 Å². The molecule has 0 saturated heterocycles. The fraction of sp³-hybridized carbons (Fsp3) is 0.636. The average molecular weight is 266 g/mol. The van der Waals surface area contributed by atoms with Gasteiger partial charge in [-0.15, -0.1) is 0 Å². The number of hydrogen-bond donors (Lipinski definition) is 1. The molecule has 1 saturated carbocycles. The molecule has 1 aromatic heterocycles. The highest BCUT2D eigenvalue weighted by atomic mass is 16.6. The van der Waals surface area contributed by atoms with Gasteiger partial charge in [-0.1, -0.05) is 5.16 Å². The highest BCUT2D eigenvalue weighted by Gasteiger charge is 2.42. The zero-order valence-corrected chi connectivity index (χ0v) is 10.4. The van der Waals surface area contributed by atoms with Crippen molar-refractivity contribution < 1.29 is 14.9 Å². The largest absolute Gasteiger partial charge is 0.393 e. The smallest absolute Gasteiger partial charge is 0.342 e. The Balaban J connectivity index is 1.92. The Bertz CT molecular complexity index is 553. The summed E-state index contributed by atoms with van der Waals surface area (Å²) in [6.45, 7) is 0. The summed E-state index contributed by atoms with van der Waals surface area (Å²) in [5.74, 6) is 0.315. The average Bonchev–Trinajstić information content (AvgIpc) is 2.92. The molecule has 1 aliphatic heterocycles. The summed E-state index contributed by atoms with van der Waals surface area (Å²) in [7, 11) is 1.58. The van der Waals surface area contributed by atoms with E-state index in [0.717, 1.165) is 6.42 Å². The van der Waals surface area contributed by atoms with Crippen LogP contribution in [-0.4, -0.2) is 37.5 Å². The number of imidazole rings is 1. The van der Waals surface area contributed by atoms with Gasteiger partial charge in [0.25, 0.3) is 0 Å². The van der Waals surface area contributed by atoms with Gasteiger partial charge in [0.1, 0.15) is 12.3 Å². The van der Waals surface area contributed by atoms with Crippen LogP contribution in [0.15, 0.2) is 11.4 Å². The molecule has 1 fully saturated rings. The standard InChI is InChI=1S/C11H14N4O4/c1-14-9(15(17)18)5-12-11(14)10-7-4-6(16)2-3-8(7)19-13-10/h5-8,16H,2-4H2,1H3. The van der Waals surface area contributed by atoms with E-state index in [-0.39, 0.29) is 23.9 Å². The van der Waals surface area contributed by atoms with Gasteiger partial charge < -0.3 is 20.1 Å². The fourth-order valence-electron chi connectivity index (χ4n) is 2.74. The van der Waals surface area contributed by atoms with Crippen LogP contribution < -0.4 is 0 Å². The van der Waals surface area contributed by atoms with Crippen LogP contribution in [0.25, 0.3) is 0 Å². The third-order valence-corrected chi connectivity index (χ3v) is 3.78. The van der Waals surface area contributed by atoms with Crippen molar-refractivity contribution in [1.82, 2.24) is 9.55 Å². The Kier molecular flexibility index (Phi) is 2.74. The molecular formula is C11H14N4O4. The predicted octanol–water partition coefficient (Wildman–Crippen LogP) is 0.592. The summed E-state index contributed by atoms with van der Waals surface area (Å²) in [4.78, 5) is 19.7. The molecule has 0 aromatic carbocycles. The molecule has 2 aliphatic rings. The minimum atomic E-state index is -0.486. The van der Waals surface area contributed by atoms with E-state index in [1.54, 1.807) is 7.05 Å². The topological polar surface area (TPSA) is 103 Å². The number of aliphatic hydroxyl groups excluding tert-OH is 1. The van der Waals surface area contributed by atoms with Crippen molar-refractivity contribution in [3.8, 4) is 0 Å². The van der Waals surface area contributed by atoms with Gasteiger partial charge in [0.05, 0.1) is 19.1 Å². The normalized spacial score (nSPS) is 29.6. The summed E-state index contributed by atoms with van der Waals surface area (Å²) < 4.78 is 1.39. The third-order valence-electron chi connectivity index (χ3n) is 3.78. The molecule has 3 unspecified atom stereocenters. The van der Waals surface area contributed by atoms with Gasteiger partial charge in [-0.2, -0.15) is 0 Å². The van der Waals surface area contributed by atoms with Crippen molar-refractivity contribution in [2.75, 3.05) is 0 Å². The van der Waals surface area contributed by atoms with Gasteiger partial charge in [0, 0.05) is 0 Å². The zero-order chi connectivity index (χ0) is 13.6. The van der Waals surface area contributed by atoms with Crippen LogP contribution in [0.3, 0.4) is 0 Å². The maximum absolute atomic E-state index is 10.8. The molecule has 0 amide bonds. The quantitative estimate of drug-likeness (QED) is 0.623. The zero-order valence-electron chi connectivity index (χ0n) is 10.4. The molecule has 2 heterocycles. The Morgan fingerprint density at radius 2 is 2.37 bits per heavy atom. The number of nitrogens with zero attached hydrogens (tertiary/aromatic N) is 4. The van der Waals surface area contributed by atoms with Crippen LogP contribution in [0.4, 0.5) is 5.82 Å². The summed E-state index contributed by atoms with van der Waals surface area (Å²) in [5, 5.41) is 24.6. The minimum absolute atomic E-state index is 0.0375. The Morgan fingerprint density at radius 1 is 1.58 bits per heavy atom. The lowest BCUT2D eigenvalue weighted by atomic mass is 9.82. The number of fused-ring (bicyclic) bond motifs is 1. The van der Waals surface area contributed by atoms with Crippen molar-refractivity contribution in [3.63, 3.8) is 0 Å². The first kappa shape index (κ1) is 12.1. The molecular weight excluding hydrogens is 252 g/mol. The minimum Gasteiger partial charge on any atom is -0.393 e. The predicted molar refractivity (Wildman–Crippen MR) is 64.6 cm³/mol. The summed E-state index contributed by atoms with van der Waals surface area (Å²) in [5.41, 5.74) is 0.597. The van der Waals surface area contributed by atoms with Gasteiger partial charge in [0.15, 0.2) is 5.71 Å². The maximum Gasteiger partial charge on any atom is 0.342 e. The van der Waals surface area contributed by atoms with Crippen LogP contribution >= 0.6 is 0 Å². The lowest BCUT2D eigenvalue weighted by molar-refractivity contribution is -0.391. The molecule has 3 atom stereocenters. The first-order valence-electron chi connectivity index (χ1n) is 6.16. The molecule has 0 spiro atoms. The van der Waals surface area contributed by atoms with Gasteiger partial charge in [-0.05, 0) is 24.2 Å². The van der Waals surface area contributed by atoms with E-state index in [1.807, 2.05) is 0 Å². The maximum atomic E-state index is 10.8. The molecule has 1 N–H and O–H groups in total. The van der Waals surface area contributed by atoms with E-state index < -0.39 is 4.92 Å². The van der Waals surface area contributed by atoms with Crippen molar-refractivity contribution in [2.45, 2.75) is 31.5 Å². The van der Waals surface area contributed by atoms with Crippen molar-refractivity contribution >= 4 is 11.5 Å². The monoisotopic (exact) mass is 266 g/mol. The Labute approximate surface area is 108 Å². The van der Waals surface area contributed by atoms with Crippen molar-refractivity contribution in [2.24, 2.45) is 18.1 Å². The molecule has 8 nitrogen and oxygen atoms in total. The van der Waals surface area contributed by atoms with Crippen LogP contribution in [0.1, 0.15) is 25.1 Å². The van der Waals surface area contributed by atoms with Crippen LogP contribution in [0.5, 0.6) is 0 Å². The lowest BCUT2D eigenvalue weighted by Crippen LogP contribution is -2.34. The molecule has 1 aromatic rings. The molecule has 8 heteroatoms. The highest BCUT2D eigenvalue weighted by Crippen LogP contribution is 2.35. The van der Waals surface area contributed by atoms with E-state index in [1.165, 1.54) is 10.8 Å². The van der Waals surface area contributed by atoms with Crippen LogP contribution in [-0.2, 0) is 11.9 Å². The van der Waals surface area contributed by atoms with E-state index in [0.29, 0.717) is 24.4 Å². The van der Waals surface area contributed by atoms with Crippen LogP contribution in [0, 0.1) is 16.0 Å². The molecule has 0 radical (unpaired) electrons. The molecule has 0 bridgehead atoms. The van der Waals surface area contributed by atoms with Crippen molar-refractivity contribution in [3.05, 3.63) is 22.1 Å². The first-order valence-corrected chi connectivity index (χ1v) is 6.16. The van der Waals surface area contributed by atoms with E-state index in [2.05, 4.69) is 10.1 Å².